The van der Waals surface area contributed by atoms with Gasteiger partial charge in [-0.1, -0.05) is 35.3 Å². The normalized spacial score (nSPS) is 12.2. The standard InChI is InChI=1S/C18H19Cl2N5O/c1-11-8-17(23-24(11)9-14-4-6-15(19)7-5-14)21-18(26)13(3)25-10-16(20)12(2)22-25/h4-8,10,13H,9H2,1-3H3,(H,21,23,26). The van der Waals surface area contributed by atoms with E-state index in [9.17, 15) is 4.79 Å². The summed E-state index contributed by atoms with van der Waals surface area (Å²) in [6.07, 6.45) is 1.64. The summed E-state index contributed by atoms with van der Waals surface area (Å²) in [5, 5.41) is 12.8. The number of hydrogen-bond acceptors (Lipinski definition) is 3. The van der Waals surface area contributed by atoms with Gasteiger partial charge >= 0.3 is 0 Å². The largest absolute Gasteiger partial charge is 0.307 e. The molecule has 0 aliphatic rings. The van der Waals surface area contributed by atoms with Crippen molar-refractivity contribution < 1.29 is 4.79 Å². The average Bonchev–Trinajstić information content (AvgIpc) is 3.11. The van der Waals surface area contributed by atoms with E-state index in [1.165, 1.54) is 0 Å². The maximum absolute atomic E-state index is 12.5. The molecule has 0 bridgehead atoms. The predicted molar refractivity (Wildman–Crippen MR) is 103 cm³/mol. The number of nitrogens with one attached hydrogen (secondary N) is 1. The topological polar surface area (TPSA) is 64.7 Å². The highest BCUT2D eigenvalue weighted by molar-refractivity contribution is 6.31. The summed E-state index contributed by atoms with van der Waals surface area (Å²) in [4.78, 5) is 12.5. The number of nitrogens with zero attached hydrogens (tertiary/aromatic N) is 4. The van der Waals surface area contributed by atoms with Crippen LogP contribution in [-0.4, -0.2) is 25.5 Å². The lowest BCUT2D eigenvalue weighted by atomic mass is 10.2. The summed E-state index contributed by atoms with van der Waals surface area (Å²) in [6, 6.07) is 8.93. The first-order chi connectivity index (χ1) is 12.3. The Morgan fingerprint density at radius 3 is 2.50 bits per heavy atom. The van der Waals surface area contributed by atoms with Crippen molar-refractivity contribution in [3.8, 4) is 0 Å². The fraction of sp³-hybridized carbons (Fsp3) is 0.278. The van der Waals surface area contributed by atoms with Crippen molar-refractivity contribution in [1.82, 2.24) is 19.6 Å². The minimum absolute atomic E-state index is 0.208. The van der Waals surface area contributed by atoms with Crippen LogP contribution in [0.15, 0.2) is 36.5 Å². The van der Waals surface area contributed by atoms with E-state index in [4.69, 9.17) is 23.2 Å². The van der Waals surface area contributed by atoms with E-state index < -0.39 is 6.04 Å². The number of anilines is 1. The lowest BCUT2D eigenvalue weighted by molar-refractivity contribution is -0.119. The fourth-order valence-electron chi connectivity index (χ4n) is 2.50. The molecule has 2 aromatic heterocycles. The first kappa shape index (κ1) is 18.5. The molecule has 8 heteroatoms. The number of rotatable bonds is 5. The molecule has 1 amide bonds. The maximum atomic E-state index is 12.5. The zero-order valence-corrected chi connectivity index (χ0v) is 16.2. The molecule has 1 unspecified atom stereocenters. The Balaban J connectivity index is 1.70. The molecule has 2 heterocycles. The number of aromatic nitrogens is 4. The van der Waals surface area contributed by atoms with E-state index in [2.05, 4.69) is 15.5 Å². The SMILES string of the molecule is Cc1nn(C(C)C(=O)Nc2cc(C)n(Cc3ccc(Cl)cc3)n2)cc1Cl. The van der Waals surface area contributed by atoms with Crippen LogP contribution in [0.3, 0.4) is 0 Å². The summed E-state index contributed by atoms with van der Waals surface area (Å²) in [6.45, 7) is 6.10. The van der Waals surface area contributed by atoms with Crippen molar-refractivity contribution >= 4 is 34.9 Å². The Labute approximate surface area is 161 Å². The highest BCUT2D eigenvalue weighted by atomic mass is 35.5. The van der Waals surface area contributed by atoms with Gasteiger partial charge < -0.3 is 5.32 Å². The molecule has 0 fully saturated rings. The van der Waals surface area contributed by atoms with Crippen LogP contribution in [0.25, 0.3) is 0 Å². The molecule has 6 nitrogen and oxygen atoms in total. The van der Waals surface area contributed by atoms with Crippen LogP contribution in [0.4, 0.5) is 5.82 Å². The number of hydrogen-bond donors (Lipinski definition) is 1. The second-order valence-electron chi connectivity index (χ2n) is 6.16. The number of halogens is 2. The summed E-state index contributed by atoms with van der Waals surface area (Å²) in [5.41, 5.74) is 2.71. The molecular weight excluding hydrogens is 373 g/mol. The summed E-state index contributed by atoms with van der Waals surface area (Å²) >= 11 is 11.9. The highest BCUT2D eigenvalue weighted by Crippen LogP contribution is 2.18. The van der Waals surface area contributed by atoms with Gasteiger partial charge in [-0.05, 0) is 38.5 Å². The molecule has 1 N–H and O–H groups in total. The summed E-state index contributed by atoms with van der Waals surface area (Å²) < 4.78 is 3.38. The molecule has 26 heavy (non-hydrogen) atoms. The molecular formula is C18H19Cl2N5O. The Morgan fingerprint density at radius 2 is 1.88 bits per heavy atom. The van der Waals surface area contributed by atoms with E-state index in [1.807, 2.05) is 41.9 Å². The quantitative estimate of drug-likeness (QED) is 0.706. The average molecular weight is 392 g/mol. The summed E-state index contributed by atoms with van der Waals surface area (Å²) in [7, 11) is 0. The Bertz CT molecular complexity index is 910. The van der Waals surface area contributed by atoms with Gasteiger partial charge in [0.15, 0.2) is 5.82 Å². The number of aryl methyl sites for hydroxylation is 2. The summed E-state index contributed by atoms with van der Waals surface area (Å²) in [5.74, 6) is 0.295. The molecule has 0 aliphatic heterocycles. The highest BCUT2D eigenvalue weighted by Gasteiger charge is 2.18. The van der Waals surface area contributed by atoms with Gasteiger partial charge in [-0.15, -0.1) is 0 Å². The molecule has 3 rings (SSSR count). The first-order valence-electron chi connectivity index (χ1n) is 8.14. The molecule has 0 aliphatic carbocycles. The van der Waals surface area contributed by atoms with Gasteiger partial charge in [0, 0.05) is 23.0 Å². The van der Waals surface area contributed by atoms with Crippen molar-refractivity contribution in [3.63, 3.8) is 0 Å². The number of benzene rings is 1. The monoisotopic (exact) mass is 391 g/mol. The number of amides is 1. The van der Waals surface area contributed by atoms with E-state index in [0.29, 0.717) is 28.1 Å². The van der Waals surface area contributed by atoms with Crippen molar-refractivity contribution in [1.29, 1.82) is 0 Å². The molecule has 0 saturated heterocycles. The molecule has 0 spiro atoms. The van der Waals surface area contributed by atoms with E-state index in [-0.39, 0.29) is 5.91 Å². The van der Waals surface area contributed by atoms with Gasteiger partial charge in [-0.25, -0.2) is 0 Å². The van der Waals surface area contributed by atoms with E-state index in [0.717, 1.165) is 11.3 Å². The van der Waals surface area contributed by atoms with Crippen molar-refractivity contribution in [2.45, 2.75) is 33.4 Å². The Hall–Kier alpha value is -2.31. The van der Waals surface area contributed by atoms with Gasteiger partial charge in [0.2, 0.25) is 5.91 Å². The van der Waals surface area contributed by atoms with Crippen LogP contribution in [0.1, 0.15) is 29.9 Å². The minimum atomic E-state index is -0.497. The van der Waals surface area contributed by atoms with E-state index in [1.54, 1.807) is 24.7 Å². The van der Waals surface area contributed by atoms with Crippen LogP contribution < -0.4 is 5.32 Å². The van der Waals surface area contributed by atoms with Crippen molar-refractivity contribution in [3.05, 3.63) is 63.5 Å². The molecule has 0 radical (unpaired) electrons. The van der Waals surface area contributed by atoms with Gasteiger partial charge in [0.25, 0.3) is 0 Å². The van der Waals surface area contributed by atoms with Gasteiger partial charge in [0.05, 0.1) is 17.3 Å². The Morgan fingerprint density at radius 1 is 1.19 bits per heavy atom. The van der Waals surface area contributed by atoms with E-state index >= 15 is 0 Å². The molecule has 1 aromatic carbocycles. The lowest BCUT2D eigenvalue weighted by Crippen LogP contribution is -2.24. The van der Waals surface area contributed by atoms with Gasteiger partial charge in [0.1, 0.15) is 6.04 Å². The molecule has 3 aromatic rings. The van der Waals surface area contributed by atoms with Crippen molar-refractivity contribution in [2.75, 3.05) is 5.32 Å². The third kappa shape index (κ3) is 4.08. The third-order valence-corrected chi connectivity index (χ3v) is 4.73. The maximum Gasteiger partial charge on any atom is 0.250 e. The van der Waals surface area contributed by atoms with Crippen molar-refractivity contribution in [2.24, 2.45) is 0 Å². The van der Waals surface area contributed by atoms with Crippen LogP contribution in [0, 0.1) is 13.8 Å². The van der Waals surface area contributed by atoms with Gasteiger partial charge in [-0.3, -0.25) is 14.2 Å². The zero-order chi connectivity index (χ0) is 18.8. The first-order valence-corrected chi connectivity index (χ1v) is 8.90. The predicted octanol–water partition coefficient (Wildman–Crippen LogP) is 4.25. The zero-order valence-electron chi connectivity index (χ0n) is 14.7. The number of carbonyl (C=O) groups is 1. The smallest absolute Gasteiger partial charge is 0.250 e. The fourth-order valence-corrected chi connectivity index (χ4v) is 2.77. The van der Waals surface area contributed by atoms with Crippen LogP contribution in [-0.2, 0) is 11.3 Å². The van der Waals surface area contributed by atoms with Crippen LogP contribution >= 0.6 is 23.2 Å². The molecule has 1 atom stereocenters. The molecule has 136 valence electrons. The van der Waals surface area contributed by atoms with Crippen LogP contribution in [0.5, 0.6) is 0 Å². The minimum Gasteiger partial charge on any atom is -0.307 e. The molecule has 0 saturated carbocycles. The van der Waals surface area contributed by atoms with Gasteiger partial charge in [-0.2, -0.15) is 10.2 Å². The van der Waals surface area contributed by atoms with Crippen LogP contribution in [0.2, 0.25) is 10.0 Å². The second-order valence-corrected chi connectivity index (χ2v) is 7.01. The Kier molecular flexibility index (Phi) is 5.34. The third-order valence-electron chi connectivity index (χ3n) is 4.11. The number of carbonyl (C=O) groups excluding carboxylic acids is 1. The second kappa shape index (κ2) is 7.51. The lowest BCUT2D eigenvalue weighted by Gasteiger charge is -2.11.